The molecule has 0 fully saturated rings. The number of halogens is 1. The summed E-state index contributed by atoms with van der Waals surface area (Å²) in [7, 11) is 0. The minimum atomic E-state index is -0.338. The van der Waals surface area contributed by atoms with Gasteiger partial charge in [0.05, 0.1) is 6.07 Å². The van der Waals surface area contributed by atoms with Crippen LogP contribution in [0, 0.1) is 11.3 Å². The summed E-state index contributed by atoms with van der Waals surface area (Å²) >= 11 is 5.82. The molecule has 4 heteroatoms. The zero-order valence-electron chi connectivity index (χ0n) is 9.68. The second kappa shape index (κ2) is 6.15. The predicted molar refractivity (Wildman–Crippen MR) is 70.9 cm³/mol. The van der Waals surface area contributed by atoms with Gasteiger partial charge in [-0.1, -0.05) is 23.7 Å². The monoisotopic (exact) mass is 257 g/mol. The lowest BCUT2D eigenvalue weighted by Gasteiger charge is -2.11. The number of nitriles is 1. The predicted octanol–water partition coefficient (Wildman–Crippen LogP) is 3.09. The molecule has 1 atom stereocenters. The van der Waals surface area contributed by atoms with Gasteiger partial charge in [-0.15, -0.1) is 0 Å². The van der Waals surface area contributed by atoms with Gasteiger partial charge in [0.1, 0.15) is 6.04 Å². The number of hydrogen-bond donors (Lipinski definition) is 1. The topological polar surface area (TPSA) is 48.7 Å². The lowest BCUT2D eigenvalue weighted by Crippen LogP contribution is -2.19. The summed E-state index contributed by atoms with van der Waals surface area (Å²) in [5.74, 6) is 0. The van der Waals surface area contributed by atoms with E-state index in [1.54, 1.807) is 24.5 Å². The van der Waals surface area contributed by atoms with E-state index in [9.17, 15) is 0 Å². The van der Waals surface area contributed by atoms with Crippen molar-refractivity contribution >= 4 is 11.6 Å². The molecule has 0 spiro atoms. The van der Waals surface area contributed by atoms with Gasteiger partial charge in [-0.2, -0.15) is 5.26 Å². The first-order valence-corrected chi connectivity index (χ1v) is 5.95. The van der Waals surface area contributed by atoms with E-state index in [4.69, 9.17) is 16.9 Å². The normalized spacial score (nSPS) is 11.8. The molecular formula is C14H12ClN3. The van der Waals surface area contributed by atoms with Gasteiger partial charge in [-0.05, 0) is 35.4 Å². The number of nitrogens with one attached hydrogen (secondary N) is 1. The van der Waals surface area contributed by atoms with Crippen molar-refractivity contribution in [3.05, 3.63) is 64.9 Å². The Balaban J connectivity index is 2.02. The summed E-state index contributed by atoms with van der Waals surface area (Å²) in [4.78, 5) is 3.95. The number of rotatable bonds is 4. The highest BCUT2D eigenvalue weighted by molar-refractivity contribution is 6.30. The van der Waals surface area contributed by atoms with Crippen molar-refractivity contribution in [1.82, 2.24) is 10.3 Å². The van der Waals surface area contributed by atoms with Crippen molar-refractivity contribution in [2.24, 2.45) is 0 Å². The highest BCUT2D eigenvalue weighted by Gasteiger charge is 2.09. The number of hydrogen-bond acceptors (Lipinski definition) is 3. The van der Waals surface area contributed by atoms with E-state index in [0.29, 0.717) is 11.6 Å². The van der Waals surface area contributed by atoms with Gasteiger partial charge in [0, 0.05) is 24.0 Å². The summed E-state index contributed by atoms with van der Waals surface area (Å²) in [6, 6.07) is 13.0. The van der Waals surface area contributed by atoms with Crippen LogP contribution in [0.25, 0.3) is 0 Å². The lowest BCUT2D eigenvalue weighted by atomic mass is 10.1. The third-order valence-electron chi connectivity index (χ3n) is 2.59. The fraction of sp³-hybridized carbons (Fsp3) is 0.143. The maximum Gasteiger partial charge on any atom is 0.121 e. The smallest absolute Gasteiger partial charge is 0.121 e. The van der Waals surface area contributed by atoms with Crippen molar-refractivity contribution in [3.8, 4) is 6.07 Å². The Kier molecular flexibility index (Phi) is 4.30. The highest BCUT2D eigenvalue weighted by Crippen LogP contribution is 2.16. The van der Waals surface area contributed by atoms with Crippen LogP contribution in [0.4, 0.5) is 0 Å². The van der Waals surface area contributed by atoms with E-state index in [2.05, 4.69) is 16.4 Å². The molecule has 1 N–H and O–H groups in total. The minimum Gasteiger partial charge on any atom is -0.294 e. The fourth-order valence-electron chi connectivity index (χ4n) is 1.61. The highest BCUT2D eigenvalue weighted by atomic mass is 35.5. The molecule has 0 saturated heterocycles. The zero-order valence-corrected chi connectivity index (χ0v) is 10.4. The molecule has 18 heavy (non-hydrogen) atoms. The van der Waals surface area contributed by atoms with Crippen molar-refractivity contribution in [3.63, 3.8) is 0 Å². The first kappa shape index (κ1) is 12.6. The summed E-state index contributed by atoms with van der Waals surface area (Å²) < 4.78 is 0. The molecule has 1 heterocycles. The van der Waals surface area contributed by atoms with Crippen LogP contribution in [0.5, 0.6) is 0 Å². The van der Waals surface area contributed by atoms with E-state index < -0.39 is 0 Å². The van der Waals surface area contributed by atoms with Crippen molar-refractivity contribution in [2.45, 2.75) is 12.6 Å². The van der Waals surface area contributed by atoms with E-state index in [-0.39, 0.29) is 6.04 Å². The van der Waals surface area contributed by atoms with Crippen molar-refractivity contribution < 1.29 is 0 Å². The third kappa shape index (κ3) is 3.30. The number of pyridine rings is 1. The molecule has 2 rings (SSSR count). The van der Waals surface area contributed by atoms with Gasteiger partial charge in [-0.25, -0.2) is 0 Å². The Bertz CT molecular complexity index is 531. The Morgan fingerprint density at radius 1 is 1.17 bits per heavy atom. The molecular weight excluding hydrogens is 246 g/mol. The van der Waals surface area contributed by atoms with Crippen molar-refractivity contribution in [2.75, 3.05) is 0 Å². The fourth-order valence-corrected chi connectivity index (χ4v) is 1.74. The molecule has 0 aliphatic carbocycles. The molecule has 0 aliphatic heterocycles. The molecule has 0 aliphatic rings. The summed E-state index contributed by atoms with van der Waals surface area (Å²) in [5, 5.41) is 13.0. The molecule has 1 aromatic heterocycles. The molecule has 2 aromatic rings. The van der Waals surface area contributed by atoms with Crippen LogP contribution in [0.2, 0.25) is 5.02 Å². The van der Waals surface area contributed by atoms with E-state index in [1.807, 2.05) is 24.3 Å². The lowest BCUT2D eigenvalue weighted by molar-refractivity contribution is 0.630. The van der Waals surface area contributed by atoms with E-state index in [0.717, 1.165) is 11.1 Å². The second-order valence-electron chi connectivity index (χ2n) is 3.85. The van der Waals surface area contributed by atoms with Gasteiger partial charge in [0.2, 0.25) is 0 Å². The van der Waals surface area contributed by atoms with Crippen LogP contribution in [0.15, 0.2) is 48.8 Å². The molecule has 0 bridgehead atoms. The van der Waals surface area contributed by atoms with Crippen LogP contribution >= 0.6 is 11.6 Å². The Hall–Kier alpha value is -1.89. The maximum absolute atomic E-state index is 9.17. The van der Waals surface area contributed by atoms with Crippen LogP contribution in [-0.4, -0.2) is 4.98 Å². The molecule has 3 nitrogen and oxygen atoms in total. The quantitative estimate of drug-likeness (QED) is 0.916. The first-order chi connectivity index (χ1) is 8.79. The van der Waals surface area contributed by atoms with Crippen LogP contribution < -0.4 is 5.32 Å². The number of nitrogens with zero attached hydrogens (tertiary/aromatic N) is 2. The van der Waals surface area contributed by atoms with Gasteiger partial charge < -0.3 is 0 Å². The molecule has 1 unspecified atom stereocenters. The Morgan fingerprint density at radius 2 is 1.83 bits per heavy atom. The Labute approximate surface area is 111 Å². The summed E-state index contributed by atoms with van der Waals surface area (Å²) in [6.45, 7) is 0.628. The number of aromatic nitrogens is 1. The van der Waals surface area contributed by atoms with E-state index >= 15 is 0 Å². The standard InChI is InChI=1S/C14H12ClN3/c15-13-3-1-12(2-4-13)14(9-16)18-10-11-5-7-17-8-6-11/h1-8,14,18H,10H2. The summed E-state index contributed by atoms with van der Waals surface area (Å²) in [6.07, 6.45) is 3.47. The molecule has 0 saturated carbocycles. The van der Waals surface area contributed by atoms with E-state index in [1.165, 1.54) is 0 Å². The minimum absolute atomic E-state index is 0.338. The average Bonchev–Trinajstić information content (AvgIpc) is 2.42. The SMILES string of the molecule is N#CC(NCc1ccncc1)c1ccc(Cl)cc1. The average molecular weight is 258 g/mol. The zero-order chi connectivity index (χ0) is 12.8. The third-order valence-corrected chi connectivity index (χ3v) is 2.84. The molecule has 0 amide bonds. The maximum atomic E-state index is 9.17. The molecule has 0 radical (unpaired) electrons. The Morgan fingerprint density at radius 3 is 2.44 bits per heavy atom. The molecule has 1 aromatic carbocycles. The van der Waals surface area contributed by atoms with Crippen LogP contribution in [-0.2, 0) is 6.54 Å². The van der Waals surface area contributed by atoms with Gasteiger partial charge in [0.15, 0.2) is 0 Å². The number of benzene rings is 1. The van der Waals surface area contributed by atoms with Gasteiger partial charge in [-0.3, -0.25) is 10.3 Å². The van der Waals surface area contributed by atoms with Crippen molar-refractivity contribution in [1.29, 1.82) is 5.26 Å². The largest absolute Gasteiger partial charge is 0.294 e. The summed E-state index contributed by atoms with van der Waals surface area (Å²) in [5.41, 5.74) is 2.01. The second-order valence-corrected chi connectivity index (χ2v) is 4.29. The first-order valence-electron chi connectivity index (χ1n) is 5.57. The van der Waals surface area contributed by atoms with Crippen LogP contribution in [0.3, 0.4) is 0 Å². The van der Waals surface area contributed by atoms with Gasteiger partial charge in [0.25, 0.3) is 0 Å². The molecule has 90 valence electrons. The van der Waals surface area contributed by atoms with Crippen LogP contribution in [0.1, 0.15) is 17.2 Å². The van der Waals surface area contributed by atoms with Gasteiger partial charge >= 0.3 is 0 Å².